The number of nitrogens with zero attached hydrogens (tertiary/aromatic N) is 4. The van der Waals surface area contributed by atoms with E-state index in [9.17, 15) is 4.79 Å². The number of fused-ring (bicyclic) bond motifs is 3. The number of nitrogens with one attached hydrogen (secondary N) is 1. The fourth-order valence-corrected chi connectivity index (χ4v) is 7.60. The Hall–Kier alpha value is -2.87. The summed E-state index contributed by atoms with van der Waals surface area (Å²) < 4.78 is 7.24. The van der Waals surface area contributed by atoms with E-state index in [1.807, 2.05) is 36.4 Å². The van der Waals surface area contributed by atoms with Crippen molar-refractivity contribution in [1.29, 1.82) is 0 Å². The molecular weight excluding hydrogens is 434 g/mol. The summed E-state index contributed by atoms with van der Waals surface area (Å²) in [5, 5.41) is 9.70. The summed E-state index contributed by atoms with van der Waals surface area (Å²) in [5.74, 6) is 3.95. The van der Waals surface area contributed by atoms with Crippen molar-refractivity contribution in [3.63, 3.8) is 0 Å². The molecule has 4 bridgehead atoms. The summed E-state index contributed by atoms with van der Waals surface area (Å²) in [5.41, 5.74) is 1.58. The summed E-state index contributed by atoms with van der Waals surface area (Å²) in [6, 6.07) is 11.6. The Morgan fingerprint density at radius 1 is 1.06 bits per heavy atom. The number of hydrogen-bond acceptors (Lipinski definition) is 6. The van der Waals surface area contributed by atoms with Crippen molar-refractivity contribution in [1.82, 2.24) is 24.9 Å². The number of amides is 1. The van der Waals surface area contributed by atoms with Gasteiger partial charge in [0.1, 0.15) is 0 Å². The fourth-order valence-electron chi connectivity index (χ4n) is 6.86. The number of rotatable bonds is 5. The highest BCUT2D eigenvalue weighted by molar-refractivity contribution is 7.99. The lowest BCUT2D eigenvalue weighted by Crippen LogP contribution is -2.60. The third-order valence-electron chi connectivity index (χ3n) is 7.67. The molecule has 3 aromatic heterocycles. The lowest BCUT2D eigenvalue weighted by molar-refractivity contribution is -0.124. The van der Waals surface area contributed by atoms with Gasteiger partial charge >= 0.3 is 0 Å². The van der Waals surface area contributed by atoms with Gasteiger partial charge in [-0.15, -0.1) is 5.10 Å². The number of thioether (sulfide) groups is 1. The van der Waals surface area contributed by atoms with Crippen molar-refractivity contribution < 1.29 is 9.21 Å². The summed E-state index contributed by atoms with van der Waals surface area (Å²) >= 11 is 1.42. The van der Waals surface area contributed by atoms with Gasteiger partial charge in [-0.05, 0) is 80.5 Å². The molecule has 1 aromatic carbocycles. The molecule has 1 amide bonds. The zero-order chi connectivity index (χ0) is 22.0. The molecule has 4 aliphatic rings. The molecule has 0 atom stereocenters. The molecule has 8 heteroatoms. The van der Waals surface area contributed by atoms with Gasteiger partial charge in [0.05, 0.1) is 17.5 Å². The Morgan fingerprint density at radius 2 is 1.82 bits per heavy atom. The van der Waals surface area contributed by atoms with Crippen molar-refractivity contribution in [3.05, 3.63) is 42.7 Å². The highest BCUT2D eigenvalue weighted by Crippen LogP contribution is 2.55. The predicted molar refractivity (Wildman–Crippen MR) is 126 cm³/mol. The van der Waals surface area contributed by atoms with E-state index >= 15 is 0 Å². The monoisotopic (exact) mass is 459 g/mol. The number of benzene rings is 1. The van der Waals surface area contributed by atoms with E-state index in [0.29, 0.717) is 22.5 Å². The SMILES string of the molecule is O=C(CSc1nc2ccccc2c2nc(-c3ccco3)nn12)NC12CC3CC(CC(C3)C1)C2. The zero-order valence-electron chi connectivity index (χ0n) is 18.2. The molecule has 4 aliphatic carbocycles. The maximum atomic E-state index is 13.1. The Morgan fingerprint density at radius 3 is 2.55 bits per heavy atom. The topological polar surface area (TPSA) is 85.3 Å². The fraction of sp³-hybridized carbons (Fsp3) is 0.440. The number of para-hydroxylation sites is 1. The maximum absolute atomic E-state index is 13.1. The number of aromatic nitrogens is 4. The van der Waals surface area contributed by atoms with Gasteiger partial charge in [-0.2, -0.15) is 4.52 Å². The minimum Gasteiger partial charge on any atom is -0.461 e. The maximum Gasteiger partial charge on any atom is 0.230 e. The van der Waals surface area contributed by atoms with Crippen LogP contribution in [0.25, 0.3) is 28.1 Å². The van der Waals surface area contributed by atoms with Crippen LogP contribution in [0, 0.1) is 17.8 Å². The van der Waals surface area contributed by atoms with Crippen LogP contribution in [0.2, 0.25) is 0 Å². The normalized spacial score (nSPS) is 28.1. The molecule has 4 aromatic rings. The third kappa shape index (κ3) is 3.34. The lowest BCUT2D eigenvalue weighted by atomic mass is 9.53. The number of carbonyl (C=O) groups excluding carboxylic acids is 1. The lowest BCUT2D eigenvalue weighted by Gasteiger charge is -2.56. The van der Waals surface area contributed by atoms with E-state index < -0.39 is 0 Å². The van der Waals surface area contributed by atoms with Gasteiger partial charge < -0.3 is 9.73 Å². The molecule has 0 radical (unpaired) electrons. The molecule has 1 N–H and O–H groups in total. The van der Waals surface area contributed by atoms with Crippen LogP contribution in [0.3, 0.4) is 0 Å². The zero-order valence-corrected chi connectivity index (χ0v) is 19.1. The number of hydrogen-bond donors (Lipinski definition) is 1. The standard InChI is InChI=1S/C25H25N5O2S/c31-21(28-25-11-15-8-16(12-25)10-17(9-15)13-25)14-33-24-26-19-5-2-1-4-18(19)23-27-22(29-30(23)24)20-6-3-7-32-20/h1-7,15-17H,8-14H2,(H,28,31). The minimum atomic E-state index is 0.0260. The largest absolute Gasteiger partial charge is 0.461 e. The van der Waals surface area contributed by atoms with Gasteiger partial charge in [-0.3, -0.25) is 4.79 Å². The molecule has 33 heavy (non-hydrogen) atoms. The second kappa shape index (κ2) is 7.32. The molecular formula is C25H25N5O2S. The van der Waals surface area contributed by atoms with Crippen LogP contribution >= 0.6 is 11.8 Å². The molecule has 8 rings (SSSR count). The first-order valence-corrected chi connectivity index (χ1v) is 12.8. The van der Waals surface area contributed by atoms with Gasteiger partial charge in [-0.1, -0.05) is 23.9 Å². The molecule has 0 aliphatic heterocycles. The van der Waals surface area contributed by atoms with E-state index in [4.69, 9.17) is 14.4 Å². The van der Waals surface area contributed by atoms with Gasteiger partial charge in [0, 0.05) is 10.9 Å². The molecule has 168 valence electrons. The first-order valence-electron chi connectivity index (χ1n) is 11.8. The van der Waals surface area contributed by atoms with Crippen LogP contribution < -0.4 is 5.32 Å². The van der Waals surface area contributed by atoms with Crippen molar-refractivity contribution in [3.8, 4) is 11.6 Å². The van der Waals surface area contributed by atoms with E-state index in [1.165, 1.54) is 31.0 Å². The Labute approximate surface area is 195 Å². The van der Waals surface area contributed by atoms with E-state index in [-0.39, 0.29) is 11.4 Å². The van der Waals surface area contributed by atoms with Crippen LogP contribution in [0.1, 0.15) is 38.5 Å². The van der Waals surface area contributed by atoms with Gasteiger partial charge in [0.15, 0.2) is 16.6 Å². The molecule has 0 spiro atoms. The smallest absolute Gasteiger partial charge is 0.230 e. The molecule has 0 saturated heterocycles. The molecule has 3 heterocycles. The van der Waals surface area contributed by atoms with Crippen LogP contribution in [0.15, 0.2) is 52.2 Å². The molecule has 4 fully saturated rings. The third-order valence-corrected chi connectivity index (χ3v) is 8.60. The minimum absolute atomic E-state index is 0.0260. The Balaban J connectivity index is 1.17. The van der Waals surface area contributed by atoms with Crippen molar-refractivity contribution in [2.24, 2.45) is 17.8 Å². The van der Waals surface area contributed by atoms with Crippen LogP contribution in [0.4, 0.5) is 0 Å². The summed E-state index contributed by atoms with van der Waals surface area (Å²) in [6.45, 7) is 0. The summed E-state index contributed by atoms with van der Waals surface area (Å²) in [6.07, 6.45) is 9.19. The second-order valence-corrected chi connectivity index (χ2v) is 11.0. The average molecular weight is 460 g/mol. The number of carbonyl (C=O) groups is 1. The Bertz CT molecular complexity index is 1330. The van der Waals surface area contributed by atoms with Crippen molar-refractivity contribution in [2.45, 2.75) is 49.2 Å². The summed E-state index contributed by atoms with van der Waals surface area (Å²) in [7, 11) is 0. The predicted octanol–water partition coefficient (Wildman–Crippen LogP) is 4.71. The molecule has 0 unspecified atom stereocenters. The summed E-state index contributed by atoms with van der Waals surface area (Å²) in [4.78, 5) is 22.6. The van der Waals surface area contributed by atoms with Crippen molar-refractivity contribution in [2.75, 3.05) is 5.75 Å². The quantitative estimate of drug-likeness (QED) is 0.344. The highest BCUT2D eigenvalue weighted by atomic mass is 32.2. The molecule has 7 nitrogen and oxygen atoms in total. The van der Waals surface area contributed by atoms with Crippen LogP contribution in [-0.4, -0.2) is 36.8 Å². The van der Waals surface area contributed by atoms with Gasteiger partial charge in [-0.25, -0.2) is 9.97 Å². The average Bonchev–Trinajstić information content (AvgIpc) is 3.46. The van der Waals surface area contributed by atoms with E-state index in [0.717, 1.165) is 53.6 Å². The van der Waals surface area contributed by atoms with E-state index in [1.54, 1.807) is 10.8 Å². The van der Waals surface area contributed by atoms with Gasteiger partial charge in [0.2, 0.25) is 11.7 Å². The van der Waals surface area contributed by atoms with Crippen molar-refractivity contribution >= 4 is 34.2 Å². The first-order chi connectivity index (χ1) is 16.1. The first kappa shape index (κ1) is 19.6. The van der Waals surface area contributed by atoms with Gasteiger partial charge in [0.25, 0.3) is 0 Å². The van der Waals surface area contributed by atoms with Crippen LogP contribution in [0.5, 0.6) is 0 Å². The highest BCUT2D eigenvalue weighted by Gasteiger charge is 2.51. The Kier molecular flexibility index (Phi) is 4.34. The number of furan rings is 1. The van der Waals surface area contributed by atoms with E-state index in [2.05, 4.69) is 10.4 Å². The van der Waals surface area contributed by atoms with Crippen LogP contribution in [-0.2, 0) is 4.79 Å². The second-order valence-electron chi connectivity index (χ2n) is 10.1. The molecule has 4 saturated carbocycles.